The lowest BCUT2D eigenvalue weighted by molar-refractivity contribution is -0.118. The van der Waals surface area contributed by atoms with Gasteiger partial charge in [0.05, 0.1) is 10.8 Å². The summed E-state index contributed by atoms with van der Waals surface area (Å²) in [4.78, 5) is 11.5. The summed E-state index contributed by atoms with van der Waals surface area (Å²) in [5.74, 6) is -0.812. The number of benzene rings is 1. The molecule has 0 bridgehead atoms. The zero-order valence-corrected chi connectivity index (χ0v) is 8.07. The Morgan fingerprint density at radius 2 is 2.21 bits per heavy atom. The first-order valence-electron chi connectivity index (χ1n) is 4.11. The minimum Gasteiger partial charge on any atom is -0.351 e. The molecule has 74 valence electrons. The van der Waals surface area contributed by atoms with E-state index in [4.69, 9.17) is 0 Å². The highest BCUT2D eigenvalue weighted by molar-refractivity contribution is 7.85. The number of carbonyl (C=O) groups excluding carboxylic acids is 1. The molecule has 1 heterocycles. The van der Waals surface area contributed by atoms with E-state index in [1.165, 1.54) is 12.1 Å². The van der Waals surface area contributed by atoms with Gasteiger partial charge < -0.3 is 5.32 Å². The van der Waals surface area contributed by atoms with Crippen molar-refractivity contribution in [1.82, 2.24) is 5.32 Å². The van der Waals surface area contributed by atoms with Gasteiger partial charge in [0.15, 0.2) is 0 Å². The normalized spacial score (nSPS) is 20.9. The molecule has 1 aromatic carbocycles. The zero-order valence-electron chi connectivity index (χ0n) is 7.25. The monoisotopic (exact) mass is 213 g/mol. The highest BCUT2D eigenvalue weighted by Crippen LogP contribution is 2.19. The van der Waals surface area contributed by atoms with E-state index in [1.54, 1.807) is 6.07 Å². The van der Waals surface area contributed by atoms with E-state index in [1.807, 2.05) is 0 Å². The number of halogens is 1. The largest absolute Gasteiger partial charge is 0.351 e. The molecule has 1 aliphatic heterocycles. The second kappa shape index (κ2) is 3.49. The lowest BCUT2D eigenvalue weighted by atomic mass is 10.2. The van der Waals surface area contributed by atoms with E-state index in [9.17, 15) is 13.4 Å². The average molecular weight is 213 g/mol. The summed E-state index contributed by atoms with van der Waals surface area (Å²) in [6, 6.07) is 4.39. The molecule has 0 radical (unpaired) electrons. The molecule has 0 fully saturated rings. The molecule has 0 spiro atoms. The van der Waals surface area contributed by atoms with Gasteiger partial charge in [-0.1, -0.05) is 6.07 Å². The number of hydrogen-bond donors (Lipinski definition) is 1. The molecule has 1 aromatic rings. The fourth-order valence-corrected chi connectivity index (χ4v) is 2.53. The van der Waals surface area contributed by atoms with Crippen molar-refractivity contribution in [1.29, 1.82) is 0 Å². The summed E-state index contributed by atoms with van der Waals surface area (Å²) in [6.07, 6.45) is 0. The molecule has 1 amide bonds. The third kappa shape index (κ3) is 1.55. The summed E-state index contributed by atoms with van der Waals surface area (Å²) in [5.41, 5.74) is 0.330. The van der Waals surface area contributed by atoms with Crippen molar-refractivity contribution in [2.45, 2.75) is 11.4 Å². The van der Waals surface area contributed by atoms with Gasteiger partial charge in [0.2, 0.25) is 5.91 Å². The van der Waals surface area contributed by atoms with Crippen LogP contribution in [0.25, 0.3) is 0 Å². The van der Waals surface area contributed by atoms with Gasteiger partial charge in [-0.3, -0.25) is 9.00 Å². The second-order valence-corrected chi connectivity index (χ2v) is 4.40. The molecule has 0 aliphatic carbocycles. The maximum absolute atomic E-state index is 13.3. The molecule has 0 aromatic heterocycles. The first kappa shape index (κ1) is 9.33. The van der Waals surface area contributed by atoms with Gasteiger partial charge in [-0.15, -0.1) is 0 Å². The maximum atomic E-state index is 13.3. The smallest absolute Gasteiger partial charge is 0.233 e. The van der Waals surface area contributed by atoms with E-state index in [-0.39, 0.29) is 18.2 Å². The van der Waals surface area contributed by atoms with Crippen LogP contribution in [-0.2, 0) is 22.1 Å². The lowest BCUT2D eigenvalue weighted by Crippen LogP contribution is -2.24. The summed E-state index contributed by atoms with van der Waals surface area (Å²) >= 11 is 0. The Bertz CT molecular complexity index is 419. The van der Waals surface area contributed by atoms with Crippen LogP contribution in [0, 0.1) is 5.82 Å². The standard InChI is InChI=1S/C9H8FNO2S/c10-7-2-1-3-8-6(7)4-11-9(12)5-14(8)13/h1-3H,4-5H2,(H,11,12). The third-order valence-electron chi connectivity index (χ3n) is 2.05. The van der Waals surface area contributed by atoms with Gasteiger partial charge in [0.1, 0.15) is 11.6 Å². The Balaban J connectivity index is 2.53. The third-order valence-corrected chi connectivity index (χ3v) is 3.44. The number of nitrogens with one attached hydrogen (secondary N) is 1. The van der Waals surface area contributed by atoms with Crippen molar-refractivity contribution in [3.63, 3.8) is 0 Å². The number of fused-ring (bicyclic) bond motifs is 1. The quantitative estimate of drug-likeness (QED) is 0.684. The van der Waals surface area contributed by atoms with Crippen LogP contribution in [0.3, 0.4) is 0 Å². The first-order valence-corrected chi connectivity index (χ1v) is 5.43. The van der Waals surface area contributed by atoms with E-state index >= 15 is 0 Å². The molecular formula is C9H8FNO2S. The Hall–Kier alpha value is -1.23. The predicted octanol–water partition coefficient (Wildman–Crippen LogP) is 0.563. The minimum atomic E-state index is -1.42. The van der Waals surface area contributed by atoms with Crippen LogP contribution in [0.15, 0.2) is 23.1 Å². The zero-order chi connectivity index (χ0) is 10.1. The highest BCUT2D eigenvalue weighted by atomic mass is 32.2. The topological polar surface area (TPSA) is 46.2 Å². The van der Waals surface area contributed by atoms with Gasteiger partial charge in [-0.25, -0.2) is 4.39 Å². The van der Waals surface area contributed by atoms with Crippen molar-refractivity contribution in [2.24, 2.45) is 0 Å². The Morgan fingerprint density at radius 1 is 1.43 bits per heavy atom. The van der Waals surface area contributed by atoms with Crippen molar-refractivity contribution in [3.8, 4) is 0 Å². The maximum Gasteiger partial charge on any atom is 0.233 e. The molecule has 1 unspecified atom stereocenters. The summed E-state index contributed by atoms with van der Waals surface area (Å²) in [6.45, 7) is 0.118. The predicted molar refractivity (Wildman–Crippen MR) is 49.5 cm³/mol. The molecule has 1 aliphatic rings. The molecule has 1 N–H and O–H groups in total. The molecule has 3 nitrogen and oxygen atoms in total. The minimum absolute atomic E-state index is 0.0869. The van der Waals surface area contributed by atoms with Crippen LogP contribution >= 0.6 is 0 Å². The summed E-state index contributed by atoms with van der Waals surface area (Å²) in [5, 5.41) is 2.50. The summed E-state index contributed by atoms with van der Waals surface area (Å²) < 4.78 is 24.8. The Kier molecular flexibility index (Phi) is 2.33. The molecular weight excluding hydrogens is 205 g/mol. The van der Waals surface area contributed by atoms with Crippen LogP contribution in [0.2, 0.25) is 0 Å². The lowest BCUT2D eigenvalue weighted by Gasteiger charge is -2.04. The Labute approximate surface area is 82.8 Å². The first-order chi connectivity index (χ1) is 6.68. The number of hydrogen-bond acceptors (Lipinski definition) is 2. The van der Waals surface area contributed by atoms with Crippen LogP contribution in [0.5, 0.6) is 0 Å². The molecule has 0 saturated carbocycles. The van der Waals surface area contributed by atoms with E-state index in [0.717, 1.165) is 0 Å². The van der Waals surface area contributed by atoms with Crippen LogP contribution in [-0.4, -0.2) is 15.9 Å². The number of carbonyl (C=O) groups is 1. The SMILES string of the molecule is O=C1CS(=O)c2cccc(F)c2CN1. The fourth-order valence-electron chi connectivity index (χ4n) is 1.36. The second-order valence-electron chi connectivity index (χ2n) is 2.98. The highest BCUT2D eigenvalue weighted by Gasteiger charge is 2.20. The van der Waals surface area contributed by atoms with Gasteiger partial charge >= 0.3 is 0 Å². The summed E-state index contributed by atoms with van der Waals surface area (Å²) in [7, 11) is -1.42. The number of rotatable bonds is 0. The Morgan fingerprint density at radius 3 is 3.00 bits per heavy atom. The molecule has 5 heteroatoms. The van der Waals surface area contributed by atoms with Gasteiger partial charge in [0.25, 0.3) is 0 Å². The molecule has 1 atom stereocenters. The van der Waals surface area contributed by atoms with Gasteiger partial charge in [-0.05, 0) is 12.1 Å². The van der Waals surface area contributed by atoms with Gasteiger partial charge in [-0.2, -0.15) is 0 Å². The van der Waals surface area contributed by atoms with E-state index < -0.39 is 16.6 Å². The van der Waals surface area contributed by atoms with E-state index in [2.05, 4.69) is 5.32 Å². The van der Waals surface area contributed by atoms with Crippen molar-refractivity contribution in [2.75, 3.05) is 5.75 Å². The van der Waals surface area contributed by atoms with Crippen LogP contribution < -0.4 is 5.32 Å². The van der Waals surface area contributed by atoms with Crippen molar-refractivity contribution in [3.05, 3.63) is 29.6 Å². The van der Waals surface area contributed by atoms with E-state index in [0.29, 0.717) is 10.5 Å². The van der Waals surface area contributed by atoms with Crippen molar-refractivity contribution < 1.29 is 13.4 Å². The molecule has 2 rings (SSSR count). The molecule has 14 heavy (non-hydrogen) atoms. The van der Waals surface area contributed by atoms with Crippen LogP contribution in [0.1, 0.15) is 5.56 Å². The van der Waals surface area contributed by atoms with Gasteiger partial charge in [0, 0.05) is 17.0 Å². The van der Waals surface area contributed by atoms with Crippen molar-refractivity contribution >= 4 is 16.7 Å². The van der Waals surface area contributed by atoms with Crippen LogP contribution in [0.4, 0.5) is 4.39 Å². The average Bonchev–Trinajstić information content (AvgIpc) is 2.28. The fraction of sp³-hybridized carbons (Fsp3) is 0.222. The number of amides is 1. The molecule has 0 saturated heterocycles.